The van der Waals surface area contributed by atoms with Gasteiger partial charge in [0.15, 0.2) is 5.69 Å². The number of ether oxygens (including phenoxy) is 4. The van der Waals surface area contributed by atoms with Crippen LogP contribution in [0.25, 0.3) is 0 Å². The van der Waals surface area contributed by atoms with Gasteiger partial charge in [0.1, 0.15) is 6.17 Å². The van der Waals surface area contributed by atoms with Crippen molar-refractivity contribution >= 4 is 23.8 Å². The number of methoxy groups -OCH3 is 1. The van der Waals surface area contributed by atoms with E-state index in [1.54, 1.807) is 15.8 Å². The van der Waals surface area contributed by atoms with Gasteiger partial charge in [-0.1, -0.05) is 30.3 Å². The van der Waals surface area contributed by atoms with E-state index in [0.29, 0.717) is 19.8 Å². The molecule has 1 saturated heterocycles. The van der Waals surface area contributed by atoms with E-state index in [9.17, 15) is 14.4 Å². The first-order chi connectivity index (χ1) is 20.5. The summed E-state index contributed by atoms with van der Waals surface area (Å²) >= 11 is 1.82. The molecule has 2 atom stereocenters. The second-order valence-electron chi connectivity index (χ2n) is 10.8. The van der Waals surface area contributed by atoms with E-state index in [-0.39, 0.29) is 23.4 Å². The summed E-state index contributed by atoms with van der Waals surface area (Å²) in [6, 6.07) is 14.2. The van der Waals surface area contributed by atoms with Crippen molar-refractivity contribution in [3.63, 3.8) is 0 Å². The van der Waals surface area contributed by atoms with Crippen LogP contribution in [-0.2, 0) is 32.8 Å². The van der Waals surface area contributed by atoms with E-state index >= 15 is 0 Å². The van der Waals surface area contributed by atoms with Gasteiger partial charge < -0.3 is 23.8 Å². The molecule has 0 spiro atoms. The van der Waals surface area contributed by atoms with Crippen molar-refractivity contribution in [1.29, 1.82) is 0 Å². The summed E-state index contributed by atoms with van der Waals surface area (Å²) < 4.78 is 22.8. The lowest BCUT2D eigenvalue weighted by Gasteiger charge is -2.51. The smallest absolute Gasteiger partial charge is 0.451 e. The summed E-state index contributed by atoms with van der Waals surface area (Å²) in [4.78, 5) is 41.6. The monoisotopic (exact) mass is 589 g/mol. The molecule has 1 fully saturated rings. The highest BCUT2D eigenvalue weighted by Crippen LogP contribution is 2.45. The van der Waals surface area contributed by atoms with Crippen molar-refractivity contribution in [1.82, 2.24) is 9.58 Å². The van der Waals surface area contributed by atoms with Crippen LogP contribution in [0.5, 0.6) is 5.75 Å². The molecule has 1 amide bonds. The van der Waals surface area contributed by atoms with Gasteiger partial charge in [-0.15, -0.1) is 11.8 Å². The Bertz CT molecular complexity index is 1620. The largest absolute Gasteiger partial charge is 0.510 e. The van der Waals surface area contributed by atoms with Crippen molar-refractivity contribution in [3.8, 4) is 5.75 Å². The predicted molar refractivity (Wildman–Crippen MR) is 154 cm³/mol. The van der Waals surface area contributed by atoms with Gasteiger partial charge in [-0.25, -0.2) is 4.79 Å². The van der Waals surface area contributed by atoms with Crippen molar-refractivity contribution < 1.29 is 28.5 Å². The Labute approximate surface area is 247 Å². The maximum absolute atomic E-state index is 14.0. The number of morpholine rings is 1. The molecule has 7 rings (SSSR count). The third-order valence-electron chi connectivity index (χ3n) is 8.46. The first-order valence-corrected chi connectivity index (χ1v) is 15.2. The molecule has 2 aromatic carbocycles. The number of rotatable bonds is 4. The minimum absolute atomic E-state index is 0.0861. The lowest BCUT2D eigenvalue weighted by atomic mass is 9.85. The van der Waals surface area contributed by atoms with Crippen molar-refractivity contribution in [2.75, 3.05) is 38.7 Å². The zero-order valence-corrected chi connectivity index (χ0v) is 24.1. The SMILES string of the molecule is COC(=O)OCOc1c2n(ccc1=O)N([C@H]1c3cc4c(cc3CSc3ccccc31)CCCC4)[C@@H]1COCCN1C2=O. The molecule has 10 nitrogen and oxygen atoms in total. The minimum Gasteiger partial charge on any atom is -0.451 e. The first kappa shape index (κ1) is 26.9. The molecule has 4 heterocycles. The molecule has 0 N–H and O–H groups in total. The van der Waals surface area contributed by atoms with E-state index in [1.807, 2.05) is 17.8 Å². The second kappa shape index (κ2) is 11.0. The number of carbonyl (C=O) groups excluding carboxylic acids is 2. The standard InChI is InChI=1S/C31H31N3O7S/c1-38-31(37)41-18-40-29-24(35)10-11-33-28(29)30(36)32-12-13-39-16-26(32)34(33)27-22-8-4-5-9-25(22)42-17-21-14-19-6-2-3-7-20(19)15-23(21)27/h4-5,8-11,14-15,26-27H,2-3,6-7,12-13,16-18H2,1H3/t26-,27-/m1/s1. The fourth-order valence-electron chi connectivity index (χ4n) is 6.54. The van der Waals surface area contributed by atoms with Crippen molar-refractivity contribution in [3.05, 3.63) is 92.4 Å². The number of amides is 1. The molecule has 1 aromatic heterocycles. The molecule has 0 bridgehead atoms. The van der Waals surface area contributed by atoms with Gasteiger partial charge in [0, 0.05) is 29.5 Å². The Morgan fingerprint density at radius 3 is 2.69 bits per heavy atom. The van der Waals surface area contributed by atoms with E-state index in [2.05, 4.69) is 40.1 Å². The van der Waals surface area contributed by atoms with Gasteiger partial charge in [-0.05, 0) is 59.6 Å². The molecule has 0 unspecified atom stereocenters. The van der Waals surface area contributed by atoms with E-state index in [0.717, 1.165) is 24.2 Å². The number of nitrogens with zero attached hydrogens (tertiary/aromatic N) is 3. The zero-order valence-electron chi connectivity index (χ0n) is 23.2. The maximum Gasteiger partial charge on any atom is 0.510 e. The minimum atomic E-state index is -0.950. The number of aryl methyl sites for hydroxylation is 2. The van der Waals surface area contributed by atoms with E-state index < -0.39 is 24.5 Å². The summed E-state index contributed by atoms with van der Waals surface area (Å²) in [5.41, 5.74) is 5.99. The number of benzene rings is 2. The summed E-state index contributed by atoms with van der Waals surface area (Å²) in [7, 11) is 1.18. The van der Waals surface area contributed by atoms with Crippen LogP contribution < -0.4 is 15.2 Å². The fourth-order valence-corrected chi connectivity index (χ4v) is 7.62. The van der Waals surface area contributed by atoms with Gasteiger partial charge in [0.25, 0.3) is 5.91 Å². The normalized spacial score (nSPS) is 20.7. The highest BCUT2D eigenvalue weighted by Gasteiger charge is 2.46. The number of thioether (sulfide) groups is 1. The molecule has 0 radical (unpaired) electrons. The lowest BCUT2D eigenvalue weighted by Crippen LogP contribution is -2.66. The summed E-state index contributed by atoms with van der Waals surface area (Å²) in [5.74, 6) is 0.319. The van der Waals surface area contributed by atoms with Gasteiger partial charge in [-0.3, -0.25) is 19.3 Å². The van der Waals surface area contributed by atoms with Crippen LogP contribution in [0.4, 0.5) is 4.79 Å². The highest BCUT2D eigenvalue weighted by molar-refractivity contribution is 7.98. The van der Waals surface area contributed by atoms with Crippen LogP contribution in [0.15, 0.2) is 58.4 Å². The average molecular weight is 590 g/mol. The maximum atomic E-state index is 14.0. The number of hydrogen-bond donors (Lipinski definition) is 0. The lowest BCUT2D eigenvalue weighted by molar-refractivity contribution is -0.0209. The fraction of sp³-hybridized carbons (Fsp3) is 0.387. The van der Waals surface area contributed by atoms with Crippen LogP contribution in [0.1, 0.15) is 57.2 Å². The van der Waals surface area contributed by atoms with Crippen LogP contribution in [0, 0.1) is 0 Å². The Balaban J connectivity index is 1.44. The van der Waals surface area contributed by atoms with Gasteiger partial charge in [-0.2, -0.15) is 0 Å². The van der Waals surface area contributed by atoms with Crippen LogP contribution in [0.2, 0.25) is 0 Å². The third-order valence-corrected chi connectivity index (χ3v) is 9.60. The molecular formula is C31H31N3O7S. The van der Waals surface area contributed by atoms with Crippen molar-refractivity contribution in [2.24, 2.45) is 0 Å². The Kier molecular flexibility index (Phi) is 7.07. The van der Waals surface area contributed by atoms with Gasteiger partial charge in [0.2, 0.25) is 18.0 Å². The number of hydrogen-bond acceptors (Lipinski definition) is 9. The summed E-state index contributed by atoms with van der Waals surface area (Å²) in [6.07, 6.45) is 4.76. The second-order valence-corrected chi connectivity index (χ2v) is 11.8. The molecule has 4 aliphatic rings. The molecule has 3 aromatic rings. The van der Waals surface area contributed by atoms with Crippen molar-refractivity contribution in [2.45, 2.75) is 48.5 Å². The summed E-state index contributed by atoms with van der Waals surface area (Å²) in [6.45, 7) is 0.485. The molecule has 0 saturated carbocycles. The number of carbonyl (C=O) groups is 2. The topological polar surface area (TPSA) is 99.5 Å². The Hall–Kier alpha value is -3.96. The number of fused-ring (bicyclic) bond motifs is 5. The number of pyridine rings is 1. The third kappa shape index (κ3) is 4.51. The molecule has 42 heavy (non-hydrogen) atoms. The molecule has 218 valence electrons. The predicted octanol–water partition coefficient (Wildman–Crippen LogP) is 3.99. The molecule has 3 aliphatic heterocycles. The van der Waals surface area contributed by atoms with E-state index in [4.69, 9.17) is 14.2 Å². The van der Waals surface area contributed by atoms with E-state index in [1.165, 1.54) is 53.2 Å². The Morgan fingerprint density at radius 2 is 1.86 bits per heavy atom. The average Bonchev–Trinajstić information content (AvgIpc) is 3.17. The number of aromatic nitrogens is 1. The van der Waals surface area contributed by atoms with Crippen LogP contribution in [-0.4, -0.2) is 61.5 Å². The Morgan fingerprint density at radius 1 is 1.05 bits per heavy atom. The van der Waals surface area contributed by atoms with Crippen LogP contribution in [0.3, 0.4) is 0 Å². The van der Waals surface area contributed by atoms with Crippen LogP contribution >= 0.6 is 11.8 Å². The van der Waals surface area contributed by atoms with Gasteiger partial charge in [0.05, 0.1) is 26.4 Å². The molecular weight excluding hydrogens is 558 g/mol. The van der Waals surface area contributed by atoms with Gasteiger partial charge >= 0.3 is 6.16 Å². The summed E-state index contributed by atoms with van der Waals surface area (Å²) in [5, 5.41) is 2.15. The quantitative estimate of drug-likeness (QED) is 0.330. The highest BCUT2D eigenvalue weighted by atomic mass is 32.2. The molecule has 1 aliphatic carbocycles. The molecule has 11 heteroatoms. The zero-order chi connectivity index (χ0) is 28.8. The first-order valence-electron chi connectivity index (χ1n) is 14.2.